The zero-order chi connectivity index (χ0) is 14.5. The molecule has 19 heavy (non-hydrogen) atoms. The maximum absolute atomic E-state index is 11.7. The van der Waals surface area contributed by atoms with Crippen molar-refractivity contribution in [2.75, 3.05) is 12.9 Å². The zero-order valence-electron chi connectivity index (χ0n) is 10.2. The number of ether oxygens (including phenoxy) is 1. The van der Waals surface area contributed by atoms with E-state index < -0.39 is 15.8 Å². The van der Waals surface area contributed by atoms with Crippen molar-refractivity contribution in [2.45, 2.75) is 11.8 Å². The van der Waals surface area contributed by atoms with E-state index in [-0.39, 0.29) is 22.8 Å². The third kappa shape index (κ3) is 3.64. The van der Waals surface area contributed by atoms with Gasteiger partial charge in [0.2, 0.25) is 0 Å². The molecule has 0 radical (unpaired) electrons. The summed E-state index contributed by atoms with van der Waals surface area (Å²) in [6.07, 6.45) is 2.02. The number of hydrogen-bond acceptors (Lipinski definition) is 7. The van der Waals surface area contributed by atoms with Gasteiger partial charge in [-0.05, 0) is 19.1 Å². The van der Waals surface area contributed by atoms with Crippen molar-refractivity contribution < 1.29 is 27.6 Å². The van der Waals surface area contributed by atoms with Gasteiger partial charge in [0.1, 0.15) is 4.90 Å². The maximum Gasteiger partial charge on any atom is 0.339 e. The van der Waals surface area contributed by atoms with E-state index in [1.165, 1.54) is 18.2 Å². The molecule has 0 N–H and O–H groups in total. The lowest BCUT2D eigenvalue weighted by Crippen LogP contribution is -2.12. The molecule has 0 bridgehead atoms. The van der Waals surface area contributed by atoms with Gasteiger partial charge >= 0.3 is 5.97 Å². The van der Waals surface area contributed by atoms with Crippen molar-refractivity contribution in [1.82, 2.24) is 0 Å². The standard InChI is InChI=1S/C11H11NO6S/c1-3-17-11(14)8-5-4-6-9(18-12-7-13)10(8)19(2,15)16/h4-6H,3H2,1-2H3. The summed E-state index contributed by atoms with van der Waals surface area (Å²) in [4.78, 5) is 25.9. The number of sulfone groups is 1. The lowest BCUT2D eigenvalue weighted by atomic mass is 10.2. The van der Waals surface area contributed by atoms with Crippen molar-refractivity contribution in [3.05, 3.63) is 23.8 Å². The normalized spacial score (nSPS) is 10.4. The molecule has 0 spiro atoms. The van der Waals surface area contributed by atoms with Crippen LogP contribution in [-0.4, -0.2) is 33.3 Å². The first kappa shape index (κ1) is 14.9. The molecule has 0 fully saturated rings. The third-order valence-electron chi connectivity index (χ3n) is 2.03. The highest BCUT2D eigenvalue weighted by Crippen LogP contribution is 2.28. The largest absolute Gasteiger partial charge is 0.462 e. The fourth-order valence-corrected chi connectivity index (χ4v) is 2.43. The van der Waals surface area contributed by atoms with Crippen molar-refractivity contribution >= 4 is 21.9 Å². The minimum absolute atomic E-state index is 0.0968. The summed E-state index contributed by atoms with van der Waals surface area (Å²) in [6.45, 7) is 1.69. The van der Waals surface area contributed by atoms with Crippen LogP contribution in [0.5, 0.6) is 5.75 Å². The van der Waals surface area contributed by atoms with E-state index in [1.54, 1.807) is 6.92 Å². The molecule has 1 rings (SSSR count). The summed E-state index contributed by atoms with van der Waals surface area (Å²) < 4.78 is 28.2. The molecule has 0 aromatic heterocycles. The number of nitrogens with zero attached hydrogens (tertiary/aromatic N) is 1. The van der Waals surface area contributed by atoms with E-state index in [2.05, 4.69) is 9.99 Å². The Hall–Kier alpha value is -2.18. The van der Waals surface area contributed by atoms with Gasteiger partial charge in [0.05, 0.1) is 12.2 Å². The molecule has 0 saturated heterocycles. The molecule has 0 saturated carbocycles. The lowest BCUT2D eigenvalue weighted by Gasteiger charge is -2.09. The van der Waals surface area contributed by atoms with E-state index in [0.717, 1.165) is 12.3 Å². The third-order valence-corrected chi connectivity index (χ3v) is 3.19. The molecule has 0 heterocycles. The van der Waals surface area contributed by atoms with Gasteiger partial charge in [-0.15, -0.1) is 0 Å². The van der Waals surface area contributed by atoms with Gasteiger partial charge in [-0.1, -0.05) is 6.07 Å². The molecule has 0 aliphatic rings. The smallest absolute Gasteiger partial charge is 0.339 e. The number of carbonyl (C=O) groups is 1. The Labute approximate surface area is 109 Å². The highest BCUT2D eigenvalue weighted by atomic mass is 32.2. The summed E-state index contributed by atoms with van der Waals surface area (Å²) in [6, 6.07) is 3.93. The molecule has 0 aliphatic carbocycles. The quantitative estimate of drug-likeness (QED) is 0.345. The second-order valence-corrected chi connectivity index (χ2v) is 5.35. The molecule has 0 amide bonds. The SMILES string of the molecule is CCOC(=O)c1cccc(ON=C=O)c1S(C)(=O)=O. The van der Waals surface area contributed by atoms with Gasteiger partial charge < -0.3 is 9.57 Å². The number of rotatable bonds is 5. The van der Waals surface area contributed by atoms with Gasteiger partial charge in [0.25, 0.3) is 6.08 Å². The van der Waals surface area contributed by atoms with E-state index in [1.807, 2.05) is 0 Å². The molecule has 102 valence electrons. The lowest BCUT2D eigenvalue weighted by molar-refractivity contribution is 0.0521. The van der Waals surface area contributed by atoms with E-state index in [9.17, 15) is 18.0 Å². The molecular formula is C11H11NO6S. The van der Waals surface area contributed by atoms with Crippen LogP contribution in [0.25, 0.3) is 0 Å². The monoisotopic (exact) mass is 285 g/mol. The average molecular weight is 285 g/mol. The van der Waals surface area contributed by atoms with Crippen LogP contribution < -0.4 is 4.84 Å². The van der Waals surface area contributed by atoms with Crippen LogP contribution >= 0.6 is 0 Å². The van der Waals surface area contributed by atoms with Crippen LogP contribution in [0.2, 0.25) is 0 Å². The minimum Gasteiger partial charge on any atom is -0.462 e. The fourth-order valence-electron chi connectivity index (χ4n) is 1.41. The second-order valence-electron chi connectivity index (χ2n) is 3.40. The first-order valence-corrected chi connectivity index (χ1v) is 7.05. The first-order chi connectivity index (χ1) is 8.91. The summed E-state index contributed by atoms with van der Waals surface area (Å²) in [5.41, 5.74) is -0.178. The molecular weight excluding hydrogens is 274 g/mol. The van der Waals surface area contributed by atoms with E-state index in [0.29, 0.717) is 0 Å². The summed E-state index contributed by atoms with van der Waals surface area (Å²) >= 11 is 0. The molecule has 1 aromatic rings. The molecule has 8 heteroatoms. The molecule has 0 aliphatic heterocycles. The Balaban J connectivity index is 3.47. The van der Waals surface area contributed by atoms with Gasteiger partial charge in [0.15, 0.2) is 15.6 Å². The van der Waals surface area contributed by atoms with Gasteiger partial charge in [-0.3, -0.25) is 0 Å². The second kappa shape index (κ2) is 6.12. The Morgan fingerprint density at radius 2 is 2.11 bits per heavy atom. The highest BCUT2D eigenvalue weighted by molar-refractivity contribution is 7.90. The minimum atomic E-state index is -3.77. The Kier molecular flexibility index (Phi) is 4.80. The number of esters is 1. The maximum atomic E-state index is 11.7. The van der Waals surface area contributed by atoms with Crippen LogP contribution in [0.1, 0.15) is 17.3 Å². The summed E-state index contributed by atoms with van der Waals surface area (Å²) in [5.74, 6) is -1.04. The van der Waals surface area contributed by atoms with Crippen molar-refractivity contribution in [3.63, 3.8) is 0 Å². The van der Waals surface area contributed by atoms with Gasteiger partial charge in [-0.2, -0.15) is 0 Å². The van der Waals surface area contributed by atoms with E-state index >= 15 is 0 Å². The highest BCUT2D eigenvalue weighted by Gasteiger charge is 2.25. The first-order valence-electron chi connectivity index (χ1n) is 5.16. The number of hydrogen-bond donors (Lipinski definition) is 0. The van der Waals surface area contributed by atoms with Crippen LogP contribution in [0.15, 0.2) is 28.3 Å². The number of isocyanates is 1. The Morgan fingerprint density at radius 1 is 1.42 bits per heavy atom. The Morgan fingerprint density at radius 3 is 2.63 bits per heavy atom. The predicted molar refractivity (Wildman–Crippen MR) is 64.3 cm³/mol. The van der Waals surface area contributed by atoms with Crippen LogP contribution in [0, 0.1) is 0 Å². The van der Waals surface area contributed by atoms with Crippen LogP contribution in [0.3, 0.4) is 0 Å². The van der Waals surface area contributed by atoms with Crippen LogP contribution in [-0.2, 0) is 19.4 Å². The predicted octanol–water partition coefficient (Wildman–Crippen LogP) is 0.896. The van der Waals surface area contributed by atoms with Crippen molar-refractivity contribution in [3.8, 4) is 5.75 Å². The van der Waals surface area contributed by atoms with Gasteiger partial charge in [0, 0.05) is 11.4 Å². The Bertz CT molecular complexity index is 631. The van der Waals surface area contributed by atoms with Crippen LogP contribution in [0.4, 0.5) is 0 Å². The molecule has 7 nitrogen and oxygen atoms in total. The number of carbonyl (C=O) groups excluding carboxylic acids is 2. The summed E-state index contributed by atoms with van der Waals surface area (Å²) in [5, 5.41) is 2.84. The molecule has 0 unspecified atom stereocenters. The number of benzene rings is 1. The topological polar surface area (TPSA) is 99.1 Å². The van der Waals surface area contributed by atoms with Gasteiger partial charge in [-0.25, -0.2) is 18.0 Å². The zero-order valence-corrected chi connectivity index (χ0v) is 11.1. The molecule has 0 atom stereocenters. The van der Waals surface area contributed by atoms with E-state index in [4.69, 9.17) is 4.74 Å². The average Bonchev–Trinajstić information content (AvgIpc) is 2.35. The fraction of sp³-hybridized carbons (Fsp3) is 0.273. The van der Waals surface area contributed by atoms with Crippen molar-refractivity contribution in [1.29, 1.82) is 0 Å². The molecule has 1 aromatic carbocycles. The van der Waals surface area contributed by atoms with Crippen molar-refractivity contribution in [2.24, 2.45) is 5.16 Å². The summed E-state index contributed by atoms with van der Waals surface area (Å²) in [7, 11) is -3.77.